The number of hydrogen-bond donors (Lipinski definition) is 1. The maximum Gasteiger partial charge on any atom is 0.161 e. The lowest BCUT2D eigenvalue weighted by Crippen LogP contribution is -2.37. The molecule has 3 atom stereocenters. The fraction of sp³-hybridized carbons (Fsp3) is 0.625. The summed E-state index contributed by atoms with van der Waals surface area (Å²) in [7, 11) is 3.33. The summed E-state index contributed by atoms with van der Waals surface area (Å²) in [6.07, 6.45) is 2.38. The molecule has 1 N–H and O–H groups in total. The topological polar surface area (TPSA) is 39.7 Å². The van der Waals surface area contributed by atoms with Gasteiger partial charge in [-0.2, -0.15) is 0 Å². The molecule has 0 radical (unpaired) electrons. The van der Waals surface area contributed by atoms with Crippen LogP contribution in [0.5, 0.6) is 11.5 Å². The Morgan fingerprint density at radius 2 is 2.05 bits per heavy atom. The van der Waals surface area contributed by atoms with Gasteiger partial charge in [0.15, 0.2) is 11.5 Å². The van der Waals surface area contributed by atoms with Gasteiger partial charge in [0.2, 0.25) is 0 Å². The van der Waals surface area contributed by atoms with Gasteiger partial charge in [0.25, 0.3) is 0 Å². The predicted molar refractivity (Wildman–Crippen MR) is 79.5 cm³/mol. The molecule has 1 aliphatic heterocycles. The highest BCUT2D eigenvalue weighted by atomic mass is 16.5. The lowest BCUT2D eigenvalue weighted by atomic mass is 10.0. The quantitative estimate of drug-likeness (QED) is 0.869. The molecule has 1 aromatic carbocycles. The first-order chi connectivity index (χ1) is 9.69. The van der Waals surface area contributed by atoms with Crippen molar-refractivity contribution in [2.45, 2.75) is 44.9 Å². The average molecular weight is 279 g/mol. The van der Waals surface area contributed by atoms with Crippen LogP contribution in [-0.2, 0) is 4.74 Å². The molecule has 0 aliphatic carbocycles. The molecule has 0 amide bonds. The monoisotopic (exact) mass is 279 g/mol. The second kappa shape index (κ2) is 6.95. The zero-order valence-corrected chi connectivity index (χ0v) is 12.8. The molecule has 1 aromatic rings. The highest BCUT2D eigenvalue weighted by molar-refractivity contribution is 5.43. The van der Waals surface area contributed by atoms with Gasteiger partial charge in [0, 0.05) is 18.7 Å². The van der Waals surface area contributed by atoms with Crippen molar-refractivity contribution in [1.82, 2.24) is 5.32 Å². The van der Waals surface area contributed by atoms with Gasteiger partial charge in [-0.1, -0.05) is 13.0 Å². The molecule has 3 unspecified atom stereocenters. The first-order valence-corrected chi connectivity index (χ1v) is 7.29. The van der Waals surface area contributed by atoms with Crippen LogP contribution in [0.3, 0.4) is 0 Å². The number of ether oxygens (including phenoxy) is 3. The van der Waals surface area contributed by atoms with E-state index in [2.05, 4.69) is 31.3 Å². The van der Waals surface area contributed by atoms with E-state index in [9.17, 15) is 0 Å². The molecule has 1 fully saturated rings. The minimum absolute atomic E-state index is 0.282. The molecule has 2 rings (SSSR count). The summed E-state index contributed by atoms with van der Waals surface area (Å²) in [4.78, 5) is 0. The van der Waals surface area contributed by atoms with Crippen molar-refractivity contribution >= 4 is 0 Å². The van der Waals surface area contributed by atoms with Crippen molar-refractivity contribution in [2.75, 3.05) is 20.8 Å². The third kappa shape index (κ3) is 3.25. The van der Waals surface area contributed by atoms with Crippen LogP contribution in [0.15, 0.2) is 18.2 Å². The summed E-state index contributed by atoms with van der Waals surface area (Å²) < 4.78 is 16.3. The van der Waals surface area contributed by atoms with Crippen molar-refractivity contribution in [2.24, 2.45) is 0 Å². The van der Waals surface area contributed by atoms with Crippen molar-refractivity contribution < 1.29 is 14.2 Å². The predicted octanol–water partition coefficient (Wildman–Crippen LogP) is 2.92. The standard InChI is InChI=1S/C16H25NO3/c1-5-13(17-14-8-9-20-11(14)2)12-6-7-15(18-3)16(10-12)19-4/h6-7,10-11,13-14,17H,5,8-9H2,1-4H3. The van der Waals surface area contributed by atoms with Crippen molar-refractivity contribution in [3.05, 3.63) is 23.8 Å². The molecule has 4 heteroatoms. The van der Waals surface area contributed by atoms with E-state index in [1.54, 1.807) is 14.2 Å². The van der Waals surface area contributed by atoms with E-state index in [-0.39, 0.29) is 6.10 Å². The zero-order valence-electron chi connectivity index (χ0n) is 12.8. The molecule has 20 heavy (non-hydrogen) atoms. The lowest BCUT2D eigenvalue weighted by Gasteiger charge is -2.24. The summed E-state index contributed by atoms with van der Waals surface area (Å²) in [5.74, 6) is 1.55. The van der Waals surface area contributed by atoms with Gasteiger partial charge in [-0.25, -0.2) is 0 Å². The van der Waals surface area contributed by atoms with Crippen LogP contribution in [0.1, 0.15) is 38.3 Å². The Morgan fingerprint density at radius 1 is 1.30 bits per heavy atom. The Balaban J connectivity index is 2.14. The van der Waals surface area contributed by atoms with Gasteiger partial charge >= 0.3 is 0 Å². The molecule has 1 heterocycles. The zero-order chi connectivity index (χ0) is 14.5. The van der Waals surface area contributed by atoms with Crippen molar-refractivity contribution in [3.63, 3.8) is 0 Å². The summed E-state index contributed by atoms with van der Waals surface area (Å²) in [5, 5.41) is 3.70. The molecule has 112 valence electrons. The minimum Gasteiger partial charge on any atom is -0.493 e. The smallest absolute Gasteiger partial charge is 0.161 e. The third-order valence-corrected chi connectivity index (χ3v) is 4.01. The van der Waals surface area contributed by atoms with Gasteiger partial charge in [-0.05, 0) is 37.5 Å². The fourth-order valence-corrected chi connectivity index (χ4v) is 2.73. The van der Waals surface area contributed by atoms with Gasteiger partial charge in [-0.15, -0.1) is 0 Å². The van der Waals surface area contributed by atoms with Crippen LogP contribution in [0.4, 0.5) is 0 Å². The second-order valence-corrected chi connectivity index (χ2v) is 5.21. The molecular weight excluding hydrogens is 254 g/mol. The second-order valence-electron chi connectivity index (χ2n) is 5.21. The normalized spacial score (nSPS) is 23.6. The van der Waals surface area contributed by atoms with Crippen LogP contribution in [0.2, 0.25) is 0 Å². The summed E-state index contributed by atoms with van der Waals surface area (Å²) in [5.41, 5.74) is 1.23. The average Bonchev–Trinajstić information content (AvgIpc) is 2.89. The minimum atomic E-state index is 0.282. The molecular formula is C16H25NO3. The van der Waals surface area contributed by atoms with E-state index in [0.29, 0.717) is 12.1 Å². The van der Waals surface area contributed by atoms with Crippen LogP contribution in [-0.4, -0.2) is 33.0 Å². The molecule has 0 aromatic heterocycles. The summed E-state index contributed by atoms with van der Waals surface area (Å²) in [6.45, 7) is 5.17. The Labute approximate surface area is 121 Å². The van der Waals surface area contributed by atoms with Crippen LogP contribution < -0.4 is 14.8 Å². The molecule has 0 bridgehead atoms. The number of methoxy groups -OCH3 is 2. The maximum absolute atomic E-state index is 5.62. The Bertz CT molecular complexity index is 436. The van der Waals surface area contributed by atoms with E-state index in [1.807, 2.05) is 6.07 Å². The van der Waals surface area contributed by atoms with Gasteiger partial charge in [0.1, 0.15) is 0 Å². The first kappa shape index (κ1) is 15.1. The molecule has 0 saturated carbocycles. The maximum atomic E-state index is 5.62. The Hall–Kier alpha value is -1.26. The number of nitrogens with one attached hydrogen (secondary N) is 1. The summed E-state index contributed by atoms with van der Waals surface area (Å²) >= 11 is 0. The van der Waals surface area contributed by atoms with E-state index >= 15 is 0 Å². The van der Waals surface area contributed by atoms with E-state index in [0.717, 1.165) is 30.9 Å². The molecule has 4 nitrogen and oxygen atoms in total. The molecule has 0 spiro atoms. The van der Waals surface area contributed by atoms with Crippen molar-refractivity contribution in [1.29, 1.82) is 0 Å². The van der Waals surface area contributed by atoms with Gasteiger partial charge in [0.05, 0.1) is 20.3 Å². The highest BCUT2D eigenvalue weighted by Gasteiger charge is 2.26. The third-order valence-electron chi connectivity index (χ3n) is 4.01. The highest BCUT2D eigenvalue weighted by Crippen LogP contribution is 2.31. The molecule has 1 saturated heterocycles. The molecule has 1 aliphatic rings. The van der Waals surface area contributed by atoms with Crippen LogP contribution in [0, 0.1) is 0 Å². The first-order valence-electron chi connectivity index (χ1n) is 7.29. The van der Waals surface area contributed by atoms with Gasteiger partial charge in [-0.3, -0.25) is 0 Å². The Kier molecular flexibility index (Phi) is 5.26. The largest absolute Gasteiger partial charge is 0.493 e. The van der Waals surface area contributed by atoms with E-state index < -0.39 is 0 Å². The number of benzene rings is 1. The number of rotatable bonds is 6. The van der Waals surface area contributed by atoms with Crippen LogP contribution >= 0.6 is 0 Å². The summed E-state index contributed by atoms with van der Waals surface area (Å²) in [6, 6.07) is 6.85. The fourth-order valence-electron chi connectivity index (χ4n) is 2.73. The van der Waals surface area contributed by atoms with Crippen LogP contribution in [0.25, 0.3) is 0 Å². The Morgan fingerprint density at radius 3 is 2.60 bits per heavy atom. The lowest BCUT2D eigenvalue weighted by molar-refractivity contribution is 0.110. The van der Waals surface area contributed by atoms with E-state index in [4.69, 9.17) is 14.2 Å². The van der Waals surface area contributed by atoms with E-state index in [1.165, 1.54) is 5.56 Å². The van der Waals surface area contributed by atoms with Gasteiger partial charge < -0.3 is 19.5 Å². The van der Waals surface area contributed by atoms with Crippen molar-refractivity contribution in [3.8, 4) is 11.5 Å². The SMILES string of the molecule is CCC(NC1CCOC1C)c1ccc(OC)c(OC)c1. The number of hydrogen-bond acceptors (Lipinski definition) is 4.